The molecule has 1 aromatic heterocycles. The van der Waals surface area contributed by atoms with Gasteiger partial charge in [0.15, 0.2) is 0 Å². The zero-order chi connectivity index (χ0) is 15.2. The minimum absolute atomic E-state index is 0.589. The molecule has 0 saturated carbocycles. The number of nitrogens with zero attached hydrogens (tertiary/aromatic N) is 2. The van der Waals surface area contributed by atoms with Crippen molar-refractivity contribution in [2.24, 2.45) is 0 Å². The molecule has 21 heavy (non-hydrogen) atoms. The lowest BCUT2D eigenvalue weighted by Crippen LogP contribution is -2.24. The molecule has 3 nitrogen and oxygen atoms in total. The highest BCUT2D eigenvalue weighted by molar-refractivity contribution is 6.30. The van der Waals surface area contributed by atoms with Gasteiger partial charge in [-0.05, 0) is 37.7 Å². The van der Waals surface area contributed by atoms with E-state index < -0.39 is 0 Å². The summed E-state index contributed by atoms with van der Waals surface area (Å²) in [6.07, 6.45) is 2.42. The molecule has 2 aromatic rings. The zero-order valence-corrected chi connectivity index (χ0v) is 13.8. The van der Waals surface area contributed by atoms with E-state index in [1.807, 2.05) is 18.2 Å². The van der Waals surface area contributed by atoms with Crippen molar-refractivity contribution in [3.63, 3.8) is 0 Å². The van der Waals surface area contributed by atoms with Gasteiger partial charge in [-0.3, -0.25) is 4.90 Å². The maximum absolute atomic E-state index is 6.36. The number of pyridine rings is 1. The SMILES string of the molecule is CCCCN(CC)Cc1cc2ccc(OC)cc2nc1Cl. The van der Waals surface area contributed by atoms with Gasteiger partial charge in [0, 0.05) is 23.6 Å². The molecule has 2 rings (SSSR count). The number of rotatable bonds is 7. The molecule has 0 aliphatic heterocycles. The van der Waals surface area contributed by atoms with Crippen molar-refractivity contribution >= 4 is 22.5 Å². The number of methoxy groups -OCH3 is 1. The number of aromatic nitrogens is 1. The molecule has 0 saturated heterocycles. The van der Waals surface area contributed by atoms with Crippen molar-refractivity contribution in [3.05, 3.63) is 35.0 Å². The van der Waals surface area contributed by atoms with Gasteiger partial charge < -0.3 is 4.74 Å². The van der Waals surface area contributed by atoms with E-state index in [9.17, 15) is 0 Å². The minimum atomic E-state index is 0.589. The zero-order valence-electron chi connectivity index (χ0n) is 13.0. The van der Waals surface area contributed by atoms with E-state index in [0.29, 0.717) is 5.15 Å². The van der Waals surface area contributed by atoms with Crippen LogP contribution in [0.3, 0.4) is 0 Å². The van der Waals surface area contributed by atoms with Crippen LogP contribution >= 0.6 is 11.6 Å². The summed E-state index contributed by atoms with van der Waals surface area (Å²) in [5.41, 5.74) is 1.96. The number of halogens is 1. The third kappa shape index (κ3) is 4.08. The maximum atomic E-state index is 6.36. The van der Waals surface area contributed by atoms with Crippen LogP contribution < -0.4 is 4.74 Å². The molecular weight excluding hydrogens is 284 g/mol. The van der Waals surface area contributed by atoms with Crippen LogP contribution in [0.2, 0.25) is 5.15 Å². The van der Waals surface area contributed by atoms with E-state index in [2.05, 4.69) is 29.8 Å². The third-order valence-electron chi connectivity index (χ3n) is 3.72. The Labute approximate surface area is 131 Å². The summed E-state index contributed by atoms with van der Waals surface area (Å²) >= 11 is 6.36. The Kier molecular flexibility index (Phi) is 5.83. The van der Waals surface area contributed by atoms with E-state index in [-0.39, 0.29) is 0 Å². The van der Waals surface area contributed by atoms with Crippen LogP contribution in [0.25, 0.3) is 10.9 Å². The molecule has 1 heterocycles. The predicted molar refractivity (Wildman–Crippen MR) is 89.2 cm³/mol. The molecule has 0 amide bonds. The fourth-order valence-corrected chi connectivity index (χ4v) is 2.58. The number of benzene rings is 1. The Morgan fingerprint density at radius 1 is 1.24 bits per heavy atom. The molecule has 4 heteroatoms. The minimum Gasteiger partial charge on any atom is -0.497 e. The van der Waals surface area contributed by atoms with Gasteiger partial charge in [-0.1, -0.05) is 31.9 Å². The quantitative estimate of drug-likeness (QED) is 0.703. The van der Waals surface area contributed by atoms with Gasteiger partial charge in [0.2, 0.25) is 0 Å². The normalized spacial score (nSPS) is 11.3. The number of fused-ring (bicyclic) bond motifs is 1. The summed E-state index contributed by atoms with van der Waals surface area (Å²) in [4.78, 5) is 6.92. The van der Waals surface area contributed by atoms with E-state index >= 15 is 0 Å². The van der Waals surface area contributed by atoms with E-state index in [1.54, 1.807) is 7.11 Å². The van der Waals surface area contributed by atoms with Gasteiger partial charge >= 0.3 is 0 Å². The Balaban J connectivity index is 2.25. The summed E-state index contributed by atoms with van der Waals surface area (Å²) in [7, 11) is 1.66. The lowest BCUT2D eigenvalue weighted by molar-refractivity contribution is 0.275. The van der Waals surface area contributed by atoms with Gasteiger partial charge in [-0.25, -0.2) is 4.98 Å². The van der Waals surface area contributed by atoms with Crippen molar-refractivity contribution in [2.45, 2.75) is 33.2 Å². The first-order chi connectivity index (χ1) is 10.2. The first-order valence-corrected chi connectivity index (χ1v) is 7.91. The van der Waals surface area contributed by atoms with Crippen LogP contribution in [-0.2, 0) is 6.54 Å². The topological polar surface area (TPSA) is 25.4 Å². The molecule has 0 unspecified atom stereocenters. The van der Waals surface area contributed by atoms with Crippen LogP contribution in [0.1, 0.15) is 32.3 Å². The summed E-state index contributed by atoms with van der Waals surface area (Å²) in [5.74, 6) is 0.803. The van der Waals surface area contributed by atoms with Gasteiger partial charge in [0.1, 0.15) is 10.9 Å². The van der Waals surface area contributed by atoms with Crippen LogP contribution in [0.5, 0.6) is 5.75 Å². The molecule has 0 fully saturated rings. The third-order valence-corrected chi connectivity index (χ3v) is 4.05. The molecule has 0 aliphatic rings. The van der Waals surface area contributed by atoms with E-state index in [0.717, 1.165) is 41.9 Å². The van der Waals surface area contributed by atoms with Gasteiger partial charge in [0.05, 0.1) is 12.6 Å². The summed E-state index contributed by atoms with van der Waals surface area (Å²) in [5, 5.41) is 1.69. The second-order valence-corrected chi connectivity index (χ2v) is 5.58. The van der Waals surface area contributed by atoms with Crippen molar-refractivity contribution in [3.8, 4) is 5.75 Å². The highest BCUT2D eigenvalue weighted by Gasteiger charge is 2.10. The number of unbranched alkanes of at least 4 members (excludes halogenated alkanes) is 1. The predicted octanol–water partition coefficient (Wildman–Crippen LogP) is 4.52. The first-order valence-electron chi connectivity index (χ1n) is 7.53. The average molecular weight is 307 g/mol. The van der Waals surface area contributed by atoms with Gasteiger partial charge in [0.25, 0.3) is 0 Å². The molecule has 1 aromatic carbocycles. The average Bonchev–Trinajstić information content (AvgIpc) is 2.51. The Bertz CT molecular complexity index is 601. The van der Waals surface area contributed by atoms with Crippen molar-refractivity contribution in [2.75, 3.05) is 20.2 Å². The molecule has 0 atom stereocenters. The van der Waals surface area contributed by atoms with Crippen LogP contribution in [0, 0.1) is 0 Å². The number of hydrogen-bond acceptors (Lipinski definition) is 3. The number of hydrogen-bond donors (Lipinski definition) is 0. The van der Waals surface area contributed by atoms with Crippen LogP contribution in [0.4, 0.5) is 0 Å². The largest absolute Gasteiger partial charge is 0.497 e. The second-order valence-electron chi connectivity index (χ2n) is 5.22. The smallest absolute Gasteiger partial charge is 0.134 e. The Hall–Kier alpha value is -1.32. The Morgan fingerprint density at radius 2 is 2.05 bits per heavy atom. The van der Waals surface area contributed by atoms with Gasteiger partial charge in [-0.2, -0.15) is 0 Å². The highest BCUT2D eigenvalue weighted by Crippen LogP contribution is 2.25. The monoisotopic (exact) mass is 306 g/mol. The highest BCUT2D eigenvalue weighted by atomic mass is 35.5. The fourth-order valence-electron chi connectivity index (χ4n) is 2.38. The molecule has 0 aliphatic carbocycles. The summed E-state index contributed by atoms with van der Waals surface area (Å²) < 4.78 is 5.23. The van der Waals surface area contributed by atoms with Crippen molar-refractivity contribution in [1.82, 2.24) is 9.88 Å². The molecular formula is C17H23ClN2O. The lowest BCUT2D eigenvalue weighted by Gasteiger charge is -2.20. The molecule has 0 bridgehead atoms. The molecule has 0 radical (unpaired) electrons. The first kappa shape index (κ1) is 16.1. The molecule has 114 valence electrons. The Morgan fingerprint density at radius 3 is 2.71 bits per heavy atom. The maximum Gasteiger partial charge on any atom is 0.134 e. The lowest BCUT2D eigenvalue weighted by atomic mass is 10.1. The summed E-state index contributed by atoms with van der Waals surface area (Å²) in [6, 6.07) is 8.04. The molecule has 0 N–H and O–H groups in total. The van der Waals surface area contributed by atoms with Crippen LogP contribution in [-0.4, -0.2) is 30.1 Å². The fraction of sp³-hybridized carbons (Fsp3) is 0.471. The number of ether oxygens (including phenoxy) is 1. The van der Waals surface area contributed by atoms with Crippen molar-refractivity contribution in [1.29, 1.82) is 0 Å². The second kappa shape index (κ2) is 7.62. The standard InChI is InChI=1S/C17H23ClN2O/c1-4-6-9-20(5-2)12-14-10-13-7-8-15(21-3)11-16(13)19-17(14)18/h7-8,10-11H,4-6,9,12H2,1-3H3. The van der Waals surface area contributed by atoms with E-state index in [4.69, 9.17) is 16.3 Å². The van der Waals surface area contributed by atoms with E-state index in [1.165, 1.54) is 12.8 Å². The van der Waals surface area contributed by atoms with Crippen molar-refractivity contribution < 1.29 is 4.74 Å². The molecule has 0 spiro atoms. The van der Waals surface area contributed by atoms with Crippen LogP contribution in [0.15, 0.2) is 24.3 Å². The van der Waals surface area contributed by atoms with Gasteiger partial charge in [-0.15, -0.1) is 0 Å². The summed E-state index contributed by atoms with van der Waals surface area (Å²) in [6.45, 7) is 7.37.